The van der Waals surface area contributed by atoms with Gasteiger partial charge in [-0.1, -0.05) is 23.7 Å². The predicted octanol–water partition coefficient (Wildman–Crippen LogP) is 3.11. The second kappa shape index (κ2) is 6.85. The molecule has 0 spiro atoms. The van der Waals surface area contributed by atoms with Gasteiger partial charge in [-0.25, -0.2) is 0 Å². The minimum Gasteiger partial charge on any atom is -0.487 e. The molecule has 2 atom stereocenters. The minimum absolute atomic E-state index is 0.00188. The summed E-state index contributed by atoms with van der Waals surface area (Å²) >= 11 is 5.99. The molecule has 0 saturated carbocycles. The molecule has 21 heavy (non-hydrogen) atoms. The summed E-state index contributed by atoms with van der Waals surface area (Å²) < 4.78 is 42.3. The second-order valence-electron chi connectivity index (χ2n) is 5.19. The number of rotatable bonds is 5. The summed E-state index contributed by atoms with van der Waals surface area (Å²) in [5.41, 5.74) is 0. The first-order chi connectivity index (χ1) is 9.83. The first kappa shape index (κ1) is 16.4. The highest BCUT2D eigenvalue weighted by Crippen LogP contribution is 2.27. The van der Waals surface area contributed by atoms with Gasteiger partial charge in [0.1, 0.15) is 11.9 Å². The highest BCUT2D eigenvalue weighted by atomic mass is 35.5. The molecule has 1 aliphatic rings. The number of halogens is 4. The molecule has 1 aliphatic heterocycles. The van der Waals surface area contributed by atoms with Crippen LogP contribution in [0.25, 0.3) is 0 Å². The first-order valence-corrected chi connectivity index (χ1v) is 7.09. The van der Waals surface area contributed by atoms with E-state index in [1.54, 1.807) is 29.2 Å². The van der Waals surface area contributed by atoms with Crippen molar-refractivity contribution in [1.29, 1.82) is 0 Å². The number of para-hydroxylation sites is 1. The maximum absolute atomic E-state index is 12.2. The molecule has 1 aromatic rings. The number of nitrogens with zero attached hydrogens (tertiary/aromatic N) is 1. The fourth-order valence-electron chi connectivity index (χ4n) is 2.41. The molecule has 1 aromatic carbocycles. The molecule has 0 radical (unpaired) electrons. The molecule has 118 valence electrons. The number of benzene rings is 1. The van der Waals surface area contributed by atoms with Gasteiger partial charge in [0, 0.05) is 19.6 Å². The van der Waals surface area contributed by atoms with E-state index in [1.807, 2.05) is 0 Å². The summed E-state index contributed by atoms with van der Waals surface area (Å²) in [7, 11) is 0. The highest BCUT2D eigenvalue weighted by molar-refractivity contribution is 6.32. The van der Waals surface area contributed by atoms with Gasteiger partial charge in [0.2, 0.25) is 0 Å². The topological polar surface area (TPSA) is 32.7 Å². The van der Waals surface area contributed by atoms with Crippen LogP contribution in [0, 0.1) is 0 Å². The van der Waals surface area contributed by atoms with E-state index in [4.69, 9.17) is 16.3 Å². The lowest BCUT2D eigenvalue weighted by molar-refractivity contribution is -0.155. The number of aliphatic hydroxyl groups is 1. The van der Waals surface area contributed by atoms with Gasteiger partial charge >= 0.3 is 6.18 Å². The van der Waals surface area contributed by atoms with Gasteiger partial charge in [-0.05, 0) is 18.6 Å². The quantitative estimate of drug-likeness (QED) is 0.904. The summed E-state index contributed by atoms with van der Waals surface area (Å²) in [6.07, 6.45) is -6.34. The number of hydrogen-bond donors (Lipinski definition) is 1. The Balaban J connectivity index is 1.80. The van der Waals surface area contributed by atoms with Crippen molar-refractivity contribution in [3.05, 3.63) is 29.3 Å². The monoisotopic (exact) mass is 323 g/mol. The van der Waals surface area contributed by atoms with Crippen LogP contribution in [0.2, 0.25) is 5.02 Å². The summed E-state index contributed by atoms with van der Waals surface area (Å²) in [6.45, 7) is 1.09. The largest absolute Gasteiger partial charge is 0.487 e. The number of aliphatic hydroxyl groups excluding tert-OH is 1. The smallest absolute Gasteiger partial charge is 0.391 e. The lowest BCUT2D eigenvalue weighted by Gasteiger charge is -2.21. The van der Waals surface area contributed by atoms with Crippen LogP contribution in [0.15, 0.2) is 24.3 Å². The van der Waals surface area contributed by atoms with Gasteiger partial charge in [0.05, 0.1) is 17.5 Å². The van der Waals surface area contributed by atoms with E-state index < -0.39 is 18.7 Å². The van der Waals surface area contributed by atoms with E-state index in [0.29, 0.717) is 30.3 Å². The van der Waals surface area contributed by atoms with Gasteiger partial charge in [0.25, 0.3) is 0 Å². The first-order valence-electron chi connectivity index (χ1n) is 6.72. The van der Waals surface area contributed by atoms with E-state index in [2.05, 4.69) is 0 Å². The number of alkyl halides is 3. The van der Waals surface area contributed by atoms with Crippen LogP contribution in [-0.2, 0) is 0 Å². The molecular formula is C14H17ClF3NO2. The summed E-state index contributed by atoms with van der Waals surface area (Å²) in [6, 6.07) is 7.07. The number of likely N-dealkylation sites (tertiary alicyclic amines) is 1. The zero-order chi connectivity index (χ0) is 15.5. The van der Waals surface area contributed by atoms with Crippen LogP contribution in [0.5, 0.6) is 5.75 Å². The molecule has 0 bridgehead atoms. The van der Waals surface area contributed by atoms with E-state index in [1.165, 1.54) is 0 Å². The van der Waals surface area contributed by atoms with Crippen LogP contribution in [0.3, 0.4) is 0 Å². The van der Waals surface area contributed by atoms with Crippen molar-refractivity contribution in [2.24, 2.45) is 0 Å². The van der Waals surface area contributed by atoms with Crippen molar-refractivity contribution in [3.63, 3.8) is 0 Å². The molecular weight excluding hydrogens is 307 g/mol. The molecule has 7 heteroatoms. The Morgan fingerprint density at radius 3 is 2.76 bits per heavy atom. The van der Waals surface area contributed by atoms with Crippen molar-refractivity contribution in [2.75, 3.05) is 19.6 Å². The van der Waals surface area contributed by atoms with Crippen LogP contribution in [0.1, 0.15) is 12.8 Å². The van der Waals surface area contributed by atoms with Crippen LogP contribution in [-0.4, -0.2) is 48.0 Å². The molecule has 3 nitrogen and oxygen atoms in total. The van der Waals surface area contributed by atoms with Crippen LogP contribution >= 0.6 is 11.6 Å². The van der Waals surface area contributed by atoms with Gasteiger partial charge in [-0.15, -0.1) is 0 Å². The van der Waals surface area contributed by atoms with Crippen molar-refractivity contribution < 1.29 is 23.0 Å². The maximum Gasteiger partial charge on any atom is 0.391 e. The highest BCUT2D eigenvalue weighted by Gasteiger charge is 2.33. The second-order valence-corrected chi connectivity index (χ2v) is 5.60. The van der Waals surface area contributed by atoms with E-state index in [-0.39, 0.29) is 12.6 Å². The number of hydrogen-bond acceptors (Lipinski definition) is 3. The van der Waals surface area contributed by atoms with Crippen LogP contribution < -0.4 is 4.74 Å². The average molecular weight is 324 g/mol. The lowest BCUT2D eigenvalue weighted by Crippen LogP contribution is -2.34. The molecule has 1 heterocycles. The van der Waals surface area contributed by atoms with Crippen molar-refractivity contribution in [3.8, 4) is 5.75 Å². The number of β-amino-alcohol motifs (C(OH)–C–C–N with tert-alkyl or cyclic N) is 1. The molecule has 1 fully saturated rings. The third-order valence-electron chi connectivity index (χ3n) is 3.30. The Hall–Kier alpha value is -0.980. The average Bonchev–Trinajstić information content (AvgIpc) is 2.77. The van der Waals surface area contributed by atoms with Crippen molar-refractivity contribution >= 4 is 11.6 Å². The van der Waals surface area contributed by atoms with Crippen molar-refractivity contribution in [2.45, 2.75) is 31.2 Å². The third kappa shape index (κ3) is 5.37. The fourth-order valence-corrected chi connectivity index (χ4v) is 2.59. The fraction of sp³-hybridized carbons (Fsp3) is 0.571. The van der Waals surface area contributed by atoms with E-state index >= 15 is 0 Å². The third-order valence-corrected chi connectivity index (χ3v) is 3.61. The zero-order valence-electron chi connectivity index (χ0n) is 11.3. The molecule has 1 N–H and O–H groups in total. The van der Waals surface area contributed by atoms with E-state index in [9.17, 15) is 18.3 Å². The Labute approximate surface area is 126 Å². The molecule has 1 saturated heterocycles. The Morgan fingerprint density at radius 2 is 2.10 bits per heavy atom. The predicted molar refractivity (Wildman–Crippen MR) is 73.6 cm³/mol. The molecule has 0 aromatic heterocycles. The van der Waals surface area contributed by atoms with Gasteiger partial charge in [-0.3, -0.25) is 4.90 Å². The zero-order valence-corrected chi connectivity index (χ0v) is 12.1. The van der Waals surface area contributed by atoms with Crippen molar-refractivity contribution in [1.82, 2.24) is 4.90 Å². The summed E-state index contributed by atoms with van der Waals surface area (Å²) in [5, 5.41) is 9.95. The van der Waals surface area contributed by atoms with Gasteiger partial charge in [-0.2, -0.15) is 13.2 Å². The van der Waals surface area contributed by atoms with Gasteiger partial charge < -0.3 is 9.84 Å². The normalized spacial score (nSPS) is 21.5. The van der Waals surface area contributed by atoms with Crippen LogP contribution in [0.4, 0.5) is 13.2 Å². The standard InChI is InChI=1S/C14H17ClF3NO2/c15-12-3-1-2-4-13(12)21-11-5-6-19(9-11)8-10(20)7-14(16,17)18/h1-4,10-11,20H,5-9H2/t10-,11+/m1/s1. The SMILES string of the molecule is O[C@@H](CN1CC[C@H](Oc2ccccc2Cl)C1)CC(F)(F)F. The summed E-state index contributed by atoms with van der Waals surface area (Å²) in [5.74, 6) is 0.571. The number of ether oxygens (including phenoxy) is 1. The van der Waals surface area contributed by atoms with Gasteiger partial charge in [0.15, 0.2) is 0 Å². The summed E-state index contributed by atoms with van der Waals surface area (Å²) in [4.78, 5) is 1.78. The Kier molecular flexibility index (Phi) is 5.35. The minimum atomic E-state index is -4.34. The Bertz CT molecular complexity index is 470. The Morgan fingerprint density at radius 1 is 1.38 bits per heavy atom. The maximum atomic E-state index is 12.2. The lowest BCUT2D eigenvalue weighted by atomic mass is 10.2. The molecule has 0 unspecified atom stereocenters. The molecule has 0 amide bonds. The molecule has 0 aliphatic carbocycles. The molecule has 2 rings (SSSR count). The van der Waals surface area contributed by atoms with E-state index in [0.717, 1.165) is 0 Å².